The van der Waals surface area contributed by atoms with Crippen LogP contribution in [-0.2, 0) is 11.2 Å². The highest BCUT2D eigenvalue weighted by Crippen LogP contribution is 2.12. The fourth-order valence-corrected chi connectivity index (χ4v) is 1.98. The molecule has 0 aliphatic heterocycles. The molecule has 1 aromatic rings. The van der Waals surface area contributed by atoms with Gasteiger partial charge in [0.25, 0.3) is 0 Å². The van der Waals surface area contributed by atoms with Crippen molar-refractivity contribution in [1.82, 2.24) is 0 Å². The van der Waals surface area contributed by atoms with Gasteiger partial charge in [-0.2, -0.15) is 0 Å². The van der Waals surface area contributed by atoms with E-state index in [1.165, 1.54) is 16.7 Å². The van der Waals surface area contributed by atoms with E-state index in [1.807, 2.05) is 13.8 Å². The number of ketones is 1. The van der Waals surface area contributed by atoms with Crippen molar-refractivity contribution < 1.29 is 6.22 Å². The van der Waals surface area contributed by atoms with Crippen LogP contribution in [0.25, 0.3) is 0 Å². The highest BCUT2D eigenvalue weighted by molar-refractivity contribution is 5.75. The van der Waals surface area contributed by atoms with Crippen molar-refractivity contribution in [3.8, 4) is 0 Å². The monoisotopic (exact) mass is 236 g/mol. The van der Waals surface area contributed by atoms with Crippen LogP contribution >= 0.6 is 0 Å². The molecule has 0 N–H and O–H groups in total. The second-order valence-electron chi connectivity index (χ2n) is 5.02. The van der Waals surface area contributed by atoms with Gasteiger partial charge in [-0.25, -0.2) is 0 Å². The molecule has 0 atom stereocenters. The maximum atomic E-state index is 10.3. The molecule has 0 aliphatic rings. The van der Waals surface area contributed by atoms with Gasteiger partial charge in [0.05, 0.1) is 0 Å². The predicted molar refractivity (Wildman–Crippen MR) is 77.5 cm³/mol. The van der Waals surface area contributed by atoms with E-state index < -0.39 is 0 Å². The topological polar surface area (TPSA) is 17.1 Å². The van der Waals surface area contributed by atoms with Gasteiger partial charge in [0, 0.05) is 7.85 Å². The maximum Gasteiger partial charge on any atom is 0.130 e. The molecule has 1 rings (SSSR count). The molecule has 0 aliphatic carbocycles. The molecule has 0 unspecified atom stereocenters. The minimum atomic E-state index is 0. The Morgan fingerprint density at radius 3 is 1.88 bits per heavy atom. The van der Waals surface area contributed by atoms with Crippen LogP contribution in [0.15, 0.2) is 18.2 Å². The van der Waals surface area contributed by atoms with Crippen molar-refractivity contribution >= 4 is 5.78 Å². The highest BCUT2D eigenvalue weighted by atomic mass is 16.1. The number of rotatable bonds is 3. The molecule has 0 aromatic heterocycles. The van der Waals surface area contributed by atoms with Crippen molar-refractivity contribution in [2.24, 2.45) is 5.92 Å². The lowest BCUT2D eigenvalue weighted by molar-refractivity contribution is -0.117. The highest BCUT2D eigenvalue weighted by Gasteiger charge is 1.96. The van der Waals surface area contributed by atoms with E-state index in [2.05, 4.69) is 39.0 Å². The number of hydrogen-bond acceptors (Lipinski definition) is 1. The Morgan fingerprint density at radius 2 is 1.71 bits per heavy atom. The average Bonchev–Trinajstić information content (AvgIpc) is 2.16. The van der Waals surface area contributed by atoms with Crippen LogP contribution < -0.4 is 0 Å². The van der Waals surface area contributed by atoms with Crippen LogP contribution in [0.2, 0.25) is 0 Å². The van der Waals surface area contributed by atoms with Crippen molar-refractivity contribution in [2.45, 2.75) is 54.4 Å². The van der Waals surface area contributed by atoms with E-state index in [9.17, 15) is 4.79 Å². The molecule has 0 saturated heterocycles. The first-order valence-corrected chi connectivity index (χ1v) is 6.43. The summed E-state index contributed by atoms with van der Waals surface area (Å²) in [4.78, 5) is 10.3. The Labute approximate surface area is 108 Å². The smallest absolute Gasteiger partial charge is 0.130 e. The molecule has 0 heterocycles. The maximum absolute atomic E-state index is 10.3. The fourth-order valence-electron chi connectivity index (χ4n) is 1.98. The summed E-state index contributed by atoms with van der Waals surface area (Å²) in [6.45, 7) is 12.3. The molecule has 0 bridgehead atoms. The van der Waals surface area contributed by atoms with Gasteiger partial charge in [0.15, 0.2) is 0 Å². The van der Waals surface area contributed by atoms with Gasteiger partial charge >= 0.3 is 0 Å². The first-order chi connectivity index (χ1) is 7.88. The van der Waals surface area contributed by atoms with E-state index >= 15 is 0 Å². The molecule has 0 fully saturated rings. The zero-order valence-electron chi connectivity index (χ0n) is 12.1. The number of hydrogen-bond donors (Lipinski definition) is 0. The summed E-state index contributed by atoms with van der Waals surface area (Å²) < 4.78 is 0. The van der Waals surface area contributed by atoms with E-state index in [0.29, 0.717) is 5.92 Å². The summed E-state index contributed by atoms with van der Waals surface area (Å²) in [5.41, 5.74) is 4.34. The molecule has 1 heteroatoms. The van der Waals surface area contributed by atoms with Crippen LogP contribution in [-0.4, -0.2) is 5.78 Å². The van der Waals surface area contributed by atoms with Gasteiger partial charge in [0.1, 0.15) is 5.78 Å². The van der Waals surface area contributed by atoms with Crippen LogP contribution in [0.4, 0.5) is 0 Å². The number of aryl methyl sites for hydroxylation is 2. The lowest BCUT2D eigenvalue weighted by atomic mass is 10.0. The standard InChI is InChI=1S/C10H14.C6H12O.H2/c1-4-10-8(2)6-5-7-9(10)3;1-5(2)4-6(3)7;/h5-7H,4H2,1-3H3;5H,4H2,1-3H3;1H. The van der Waals surface area contributed by atoms with Crippen LogP contribution in [0.5, 0.6) is 0 Å². The summed E-state index contributed by atoms with van der Waals surface area (Å²) in [6.07, 6.45) is 1.87. The summed E-state index contributed by atoms with van der Waals surface area (Å²) in [6, 6.07) is 6.46. The van der Waals surface area contributed by atoms with E-state index in [-0.39, 0.29) is 7.21 Å². The van der Waals surface area contributed by atoms with Gasteiger partial charge in [-0.05, 0) is 49.8 Å². The molecule has 98 valence electrons. The summed E-state index contributed by atoms with van der Waals surface area (Å²) in [5, 5.41) is 0. The number of Topliss-reactive ketones (excluding diaryl/α,β-unsaturated/α-hetero) is 1. The Bertz CT molecular complexity index is 336. The lowest BCUT2D eigenvalue weighted by Crippen LogP contribution is -1.95. The first-order valence-electron chi connectivity index (χ1n) is 6.43. The van der Waals surface area contributed by atoms with Gasteiger partial charge in [-0.15, -0.1) is 0 Å². The number of benzene rings is 1. The Morgan fingerprint density at radius 1 is 1.24 bits per heavy atom. The van der Waals surface area contributed by atoms with Crippen molar-refractivity contribution in [3.05, 3.63) is 34.9 Å². The number of carbonyl (C=O) groups excluding carboxylic acids is 1. The minimum absolute atomic E-state index is 0. The SMILES string of the molecule is CC(=O)CC(C)C.CCc1c(C)cccc1C.[HH]. The molecular weight excluding hydrogens is 208 g/mol. The Hall–Kier alpha value is -1.11. The Kier molecular flexibility index (Phi) is 7.53. The molecule has 0 radical (unpaired) electrons. The normalized spacial score (nSPS) is 9.82. The zero-order chi connectivity index (χ0) is 13.4. The third-order valence-corrected chi connectivity index (χ3v) is 2.69. The van der Waals surface area contributed by atoms with Gasteiger partial charge in [-0.1, -0.05) is 39.0 Å². The second-order valence-corrected chi connectivity index (χ2v) is 5.02. The second kappa shape index (κ2) is 8.05. The van der Waals surface area contributed by atoms with Crippen molar-refractivity contribution in [2.75, 3.05) is 0 Å². The molecule has 0 amide bonds. The molecule has 0 saturated carbocycles. The average molecular weight is 236 g/mol. The molecule has 1 aromatic carbocycles. The lowest BCUT2D eigenvalue weighted by Gasteiger charge is -2.04. The molecule has 1 nitrogen and oxygen atoms in total. The first kappa shape index (κ1) is 15.9. The zero-order valence-corrected chi connectivity index (χ0v) is 12.1. The molecule has 17 heavy (non-hydrogen) atoms. The van der Waals surface area contributed by atoms with Gasteiger partial charge in [-0.3, -0.25) is 0 Å². The van der Waals surface area contributed by atoms with Gasteiger partial charge in [0.2, 0.25) is 0 Å². The van der Waals surface area contributed by atoms with E-state index in [0.717, 1.165) is 12.8 Å². The van der Waals surface area contributed by atoms with Crippen LogP contribution in [0, 0.1) is 19.8 Å². The van der Waals surface area contributed by atoms with E-state index in [1.54, 1.807) is 6.92 Å². The third kappa shape index (κ3) is 6.93. The van der Waals surface area contributed by atoms with Crippen LogP contribution in [0.3, 0.4) is 0 Å². The molecular formula is C16H28O. The summed E-state index contributed by atoms with van der Waals surface area (Å²) in [5.74, 6) is 0.813. The van der Waals surface area contributed by atoms with Crippen LogP contribution in [0.1, 0.15) is 52.2 Å². The minimum Gasteiger partial charge on any atom is -0.300 e. The largest absolute Gasteiger partial charge is 0.300 e. The molecule has 0 spiro atoms. The summed E-state index contributed by atoms with van der Waals surface area (Å²) in [7, 11) is 0. The Balaban J connectivity index is 0. The quantitative estimate of drug-likeness (QED) is 0.741. The van der Waals surface area contributed by atoms with Crippen molar-refractivity contribution in [3.63, 3.8) is 0 Å². The predicted octanol–water partition coefficient (Wildman–Crippen LogP) is 4.73. The number of carbonyl (C=O) groups is 1. The fraction of sp³-hybridized carbons (Fsp3) is 0.562. The van der Waals surface area contributed by atoms with Crippen molar-refractivity contribution in [1.29, 1.82) is 0 Å². The van der Waals surface area contributed by atoms with E-state index in [4.69, 9.17) is 0 Å². The third-order valence-electron chi connectivity index (χ3n) is 2.69. The summed E-state index contributed by atoms with van der Waals surface area (Å²) >= 11 is 0. The van der Waals surface area contributed by atoms with Gasteiger partial charge < -0.3 is 4.79 Å².